The van der Waals surface area contributed by atoms with E-state index in [1.807, 2.05) is 0 Å². The number of fused-ring (bicyclic) bond motifs is 1. The van der Waals surface area contributed by atoms with Gasteiger partial charge in [-0.05, 0) is 17.2 Å². The summed E-state index contributed by atoms with van der Waals surface area (Å²) >= 11 is 0. The Labute approximate surface area is 328 Å². The molecular formula is C36H44O22. The van der Waals surface area contributed by atoms with Crippen LogP contribution in [0.25, 0.3) is 0 Å². The smallest absolute Gasteiger partial charge is 0.338 e. The fourth-order valence-electron chi connectivity index (χ4n) is 8.19. The minimum absolute atomic E-state index is 0.188. The van der Waals surface area contributed by atoms with Crippen LogP contribution in [-0.4, -0.2) is 177 Å². The molecule has 18 atom stereocenters. The van der Waals surface area contributed by atoms with Crippen LogP contribution in [0.1, 0.15) is 13.8 Å². The first-order chi connectivity index (χ1) is 27.6. The maximum absolute atomic E-state index is 13.7. The van der Waals surface area contributed by atoms with E-state index in [0.29, 0.717) is 5.57 Å². The van der Waals surface area contributed by atoms with Crippen molar-refractivity contribution in [3.05, 3.63) is 47.0 Å². The van der Waals surface area contributed by atoms with Crippen molar-refractivity contribution in [3.63, 3.8) is 0 Å². The highest BCUT2D eigenvalue weighted by Crippen LogP contribution is 2.49. The van der Waals surface area contributed by atoms with E-state index in [0.717, 1.165) is 19.4 Å². The molecule has 3 saturated heterocycles. The predicted molar refractivity (Wildman–Crippen MR) is 179 cm³/mol. The number of aliphatic hydroxyl groups is 8. The molecule has 0 saturated carbocycles. The van der Waals surface area contributed by atoms with Gasteiger partial charge in [0, 0.05) is 25.7 Å². The van der Waals surface area contributed by atoms with Gasteiger partial charge in [0.25, 0.3) is 0 Å². The zero-order valence-electron chi connectivity index (χ0n) is 30.8. The molecule has 5 heterocycles. The second kappa shape index (κ2) is 16.9. The summed E-state index contributed by atoms with van der Waals surface area (Å²) in [6.45, 7) is 0.280. The topological polar surface area (TPSA) is 322 Å². The summed E-state index contributed by atoms with van der Waals surface area (Å²) in [5, 5.41) is 84.2. The highest BCUT2D eigenvalue weighted by Gasteiger charge is 2.57. The van der Waals surface area contributed by atoms with Gasteiger partial charge in [0.05, 0.1) is 48.2 Å². The maximum Gasteiger partial charge on any atom is 0.338 e. The van der Waals surface area contributed by atoms with Crippen molar-refractivity contribution >= 4 is 23.9 Å². The van der Waals surface area contributed by atoms with Crippen molar-refractivity contribution in [2.45, 2.75) is 100 Å². The number of rotatable bonds is 12. The molecule has 5 aliphatic heterocycles. The normalized spacial score (nSPS) is 42.6. The van der Waals surface area contributed by atoms with E-state index in [-0.39, 0.29) is 29.9 Å². The fraction of sp³-hybridized carbons (Fsp3) is 0.667. The van der Waals surface area contributed by atoms with Crippen molar-refractivity contribution in [2.24, 2.45) is 23.7 Å². The molecule has 8 N–H and O–H groups in total. The number of carbonyl (C=O) groups excluding carboxylic acids is 4. The van der Waals surface area contributed by atoms with Gasteiger partial charge in [-0.25, -0.2) is 9.59 Å². The molecule has 0 amide bonds. The van der Waals surface area contributed by atoms with Crippen LogP contribution >= 0.6 is 0 Å². The lowest BCUT2D eigenvalue weighted by Crippen LogP contribution is -2.60. The van der Waals surface area contributed by atoms with E-state index >= 15 is 0 Å². The number of carbonyl (C=O) groups is 4. The van der Waals surface area contributed by atoms with Gasteiger partial charge in [0.1, 0.15) is 74.8 Å². The summed E-state index contributed by atoms with van der Waals surface area (Å²) < 4.78 is 55.6. The monoisotopic (exact) mass is 828 g/mol. The van der Waals surface area contributed by atoms with Gasteiger partial charge < -0.3 is 88.2 Å². The Morgan fingerprint density at radius 3 is 1.76 bits per heavy atom. The highest BCUT2D eigenvalue weighted by atomic mass is 16.8. The van der Waals surface area contributed by atoms with Gasteiger partial charge in [0.2, 0.25) is 12.6 Å². The first-order valence-electron chi connectivity index (χ1n) is 18.4. The van der Waals surface area contributed by atoms with Crippen LogP contribution in [0.2, 0.25) is 0 Å². The summed E-state index contributed by atoms with van der Waals surface area (Å²) in [4.78, 5) is 49.3. The largest absolute Gasteiger partial charge is 0.471 e. The summed E-state index contributed by atoms with van der Waals surface area (Å²) in [5.74, 6) is -6.62. The fourth-order valence-corrected chi connectivity index (χ4v) is 8.19. The second-order valence-electron chi connectivity index (χ2n) is 14.7. The lowest BCUT2D eigenvalue weighted by Gasteiger charge is -2.43. The van der Waals surface area contributed by atoms with Crippen LogP contribution in [0.3, 0.4) is 0 Å². The quantitative estimate of drug-likeness (QED) is 0.0521. The van der Waals surface area contributed by atoms with Gasteiger partial charge in [-0.15, -0.1) is 0 Å². The number of hydrogen-bond acceptors (Lipinski definition) is 22. The minimum Gasteiger partial charge on any atom is -0.471 e. The van der Waals surface area contributed by atoms with E-state index in [9.17, 15) is 60.0 Å². The molecule has 0 spiro atoms. The van der Waals surface area contributed by atoms with Gasteiger partial charge in [0.15, 0.2) is 12.6 Å². The Bertz CT molecular complexity index is 1740. The van der Waals surface area contributed by atoms with Crippen molar-refractivity contribution in [3.8, 4) is 0 Å². The van der Waals surface area contributed by atoms with Crippen LogP contribution in [0, 0.1) is 23.7 Å². The van der Waals surface area contributed by atoms with E-state index in [4.69, 9.17) is 47.4 Å². The molecule has 0 unspecified atom stereocenters. The predicted octanol–water partition coefficient (Wildman–Crippen LogP) is -4.59. The Balaban J connectivity index is 1.05. The Hall–Kier alpha value is -4.04. The Kier molecular flexibility index (Phi) is 12.3. The molecule has 22 nitrogen and oxygen atoms in total. The van der Waals surface area contributed by atoms with Crippen molar-refractivity contribution in [1.29, 1.82) is 0 Å². The van der Waals surface area contributed by atoms with Gasteiger partial charge >= 0.3 is 23.9 Å². The van der Waals surface area contributed by atoms with Crippen molar-refractivity contribution in [1.82, 2.24) is 0 Å². The molecule has 0 aromatic rings. The molecule has 2 aliphatic carbocycles. The molecular weight excluding hydrogens is 784 g/mol. The summed E-state index contributed by atoms with van der Waals surface area (Å²) in [5.41, 5.74) is 0.661. The van der Waals surface area contributed by atoms with Crippen molar-refractivity contribution in [2.75, 3.05) is 26.4 Å². The number of hydrogen-bond donors (Lipinski definition) is 8. The zero-order valence-corrected chi connectivity index (χ0v) is 30.8. The third kappa shape index (κ3) is 7.87. The molecule has 58 heavy (non-hydrogen) atoms. The lowest BCUT2D eigenvalue weighted by molar-refractivity contribution is -0.340. The van der Waals surface area contributed by atoms with Crippen LogP contribution < -0.4 is 0 Å². The molecule has 0 aromatic carbocycles. The van der Waals surface area contributed by atoms with Gasteiger partial charge in [-0.1, -0.05) is 6.08 Å². The molecule has 7 aliphatic rings. The molecule has 7 rings (SSSR count). The molecule has 320 valence electrons. The van der Waals surface area contributed by atoms with E-state index in [1.54, 1.807) is 6.08 Å². The summed E-state index contributed by atoms with van der Waals surface area (Å²) in [6, 6.07) is 0. The van der Waals surface area contributed by atoms with E-state index in [1.165, 1.54) is 13.0 Å². The standard InChI is InChI=1S/C36H44O22/c1-11(38)49-6-13-3-17(40)23-15(8-52-33(21(13)23)57-35-29(45)27(43)25(41)19(5-37)55-35)31(47)51-10-20-26(42)28(44)30(46)36(56-20)58-34-22-14(7-50-12(2)39)4-18-24(22)16(9-53-34)32(48)54-18/h3-4,8-9,17-30,33-37,40-46H,5-7,10H2,1-2H3/t17-,18-,19+,20+,21+,22+,23-,24-,25+,26+,27-,28-,29+,30+,33-,34-,35-,36-/m0/s1. The first kappa shape index (κ1) is 42.1. The van der Waals surface area contributed by atoms with Gasteiger partial charge in [-0.3, -0.25) is 9.59 Å². The minimum atomic E-state index is -1.90. The molecule has 22 heteroatoms. The van der Waals surface area contributed by atoms with E-state index < -0.39 is 147 Å². The third-order valence-electron chi connectivity index (χ3n) is 11.1. The molecule has 0 aromatic heterocycles. The van der Waals surface area contributed by atoms with Crippen molar-refractivity contribution < 1.29 is 107 Å². The summed E-state index contributed by atoms with van der Waals surface area (Å²) in [6.07, 6.45) is -17.1. The zero-order chi connectivity index (χ0) is 41.7. The number of ether oxygens (including phenoxy) is 10. The Morgan fingerprint density at radius 1 is 0.638 bits per heavy atom. The average molecular weight is 829 g/mol. The van der Waals surface area contributed by atoms with Crippen LogP contribution in [0.5, 0.6) is 0 Å². The third-order valence-corrected chi connectivity index (χ3v) is 11.1. The SMILES string of the molecule is CC(=O)OCC1=C[C@@H]2OC(=O)C3=CO[C@@H](O[C@@H]4O[C@H](COC(=O)C5=CO[C@@H](O[C@@H]6O[C@H](CO)[C@@H](O)[C@H](O)[C@H]6O)[C@@H]6C(COC(C)=O)=C[C@H](O)[C@H]56)[C@@H](O)[C@H](O)[C@H]4O)[C@H]1[C@@H]32. The van der Waals surface area contributed by atoms with Crippen LogP contribution in [-0.2, 0) is 66.5 Å². The van der Waals surface area contributed by atoms with Gasteiger partial charge in [-0.2, -0.15) is 0 Å². The molecule has 0 radical (unpaired) electrons. The lowest BCUT2D eigenvalue weighted by atomic mass is 9.82. The summed E-state index contributed by atoms with van der Waals surface area (Å²) in [7, 11) is 0. The molecule has 3 fully saturated rings. The second-order valence-corrected chi connectivity index (χ2v) is 14.7. The number of aliphatic hydroxyl groups excluding tert-OH is 8. The maximum atomic E-state index is 13.7. The highest BCUT2D eigenvalue weighted by molar-refractivity contribution is 5.92. The molecule has 0 bridgehead atoms. The van der Waals surface area contributed by atoms with Crippen LogP contribution in [0.15, 0.2) is 47.0 Å². The first-order valence-corrected chi connectivity index (χ1v) is 18.4. The Morgan fingerprint density at radius 2 is 1.17 bits per heavy atom. The van der Waals surface area contributed by atoms with Crippen LogP contribution in [0.4, 0.5) is 0 Å². The average Bonchev–Trinajstić information content (AvgIpc) is 3.84. The number of esters is 4. The van der Waals surface area contributed by atoms with E-state index in [2.05, 4.69) is 0 Å².